The molecule has 0 saturated carbocycles. The van der Waals surface area contributed by atoms with Crippen molar-refractivity contribution < 1.29 is 4.79 Å². The fourth-order valence-corrected chi connectivity index (χ4v) is 2.28. The fourth-order valence-electron chi connectivity index (χ4n) is 2.28. The number of carbonyl (C=O) groups excluding carboxylic acids is 1. The number of rotatable bonds is 4. The molecule has 2 N–H and O–H groups in total. The molecule has 0 aliphatic heterocycles. The Hall–Kier alpha value is -2.29. The highest BCUT2D eigenvalue weighted by Gasteiger charge is 2.17. The predicted molar refractivity (Wildman–Crippen MR) is 87.3 cm³/mol. The van der Waals surface area contributed by atoms with Gasteiger partial charge in [0.1, 0.15) is 0 Å². The molecule has 0 bridgehead atoms. The van der Waals surface area contributed by atoms with Crippen molar-refractivity contribution in [3.63, 3.8) is 0 Å². The molecule has 0 saturated heterocycles. The molecule has 0 fully saturated rings. The molecular weight excluding hydrogens is 260 g/mol. The van der Waals surface area contributed by atoms with Crippen LogP contribution in [0.1, 0.15) is 28.4 Å². The first-order valence-electron chi connectivity index (χ1n) is 7.15. The predicted octanol–water partition coefficient (Wildman–Crippen LogP) is 3.28. The van der Waals surface area contributed by atoms with Crippen molar-refractivity contribution in [3.8, 4) is 0 Å². The first-order valence-corrected chi connectivity index (χ1v) is 7.15. The Bertz CT molecular complexity index is 619. The second-order valence-corrected chi connectivity index (χ2v) is 5.58. The Balaban J connectivity index is 2.06. The van der Waals surface area contributed by atoms with Gasteiger partial charge in [0.2, 0.25) is 0 Å². The second-order valence-electron chi connectivity index (χ2n) is 5.58. The van der Waals surface area contributed by atoms with Gasteiger partial charge in [-0.1, -0.05) is 35.9 Å². The number of nitrogens with two attached hydrogens (primary N) is 1. The molecule has 0 aliphatic rings. The summed E-state index contributed by atoms with van der Waals surface area (Å²) in [4.78, 5) is 14.2. The molecule has 1 amide bonds. The minimum absolute atomic E-state index is 0.00177. The van der Waals surface area contributed by atoms with Crippen LogP contribution in [0.25, 0.3) is 0 Å². The lowest BCUT2D eigenvalue weighted by atomic mass is 10.0. The summed E-state index contributed by atoms with van der Waals surface area (Å²) in [6.07, 6.45) is 0.838. The summed E-state index contributed by atoms with van der Waals surface area (Å²) < 4.78 is 0. The van der Waals surface area contributed by atoms with Crippen molar-refractivity contribution in [3.05, 3.63) is 65.2 Å². The highest BCUT2D eigenvalue weighted by Crippen LogP contribution is 2.14. The number of nitrogens with zero attached hydrogens (tertiary/aromatic N) is 1. The monoisotopic (exact) mass is 282 g/mol. The van der Waals surface area contributed by atoms with Gasteiger partial charge in [-0.2, -0.15) is 0 Å². The lowest BCUT2D eigenvalue weighted by Gasteiger charge is -2.25. The van der Waals surface area contributed by atoms with Crippen LogP contribution in [0.3, 0.4) is 0 Å². The molecule has 0 aliphatic carbocycles. The van der Waals surface area contributed by atoms with Crippen molar-refractivity contribution in [1.82, 2.24) is 4.90 Å². The minimum atomic E-state index is 0.00177. The van der Waals surface area contributed by atoms with E-state index in [0.717, 1.165) is 6.42 Å². The lowest BCUT2D eigenvalue weighted by molar-refractivity contribution is 0.0743. The summed E-state index contributed by atoms with van der Waals surface area (Å²) in [5.74, 6) is 0.00177. The van der Waals surface area contributed by atoms with Gasteiger partial charge >= 0.3 is 0 Å². The van der Waals surface area contributed by atoms with Gasteiger partial charge in [0.25, 0.3) is 5.91 Å². The number of anilines is 1. The summed E-state index contributed by atoms with van der Waals surface area (Å²) in [6, 6.07) is 15.7. The zero-order valence-corrected chi connectivity index (χ0v) is 12.8. The number of hydrogen-bond acceptors (Lipinski definition) is 2. The van der Waals surface area contributed by atoms with Crippen LogP contribution in [0.15, 0.2) is 48.5 Å². The smallest absolute Gasteiger partial charge is 0.253 e. The average Bonchev–Trinajstić information content (AvgIpc) is 2.48. The van der Waals surface area contributed by atoms with Gasteiger partial charge in [0, 0.05) is 24.3 Å². The van der Waals surface area contributed by atoms with E-state index in [0.29, 0.717) is 11.3 Å². The van der Waals surface area contributed by atoms with Crippen molar-refractivity contribution in [2.45, 2.75) is 26.3 Å². The van der Waals surface area contributed by atoms with E-state index in [4.69, 9.17) is 5.73 Å². The largest absolute Gasteiger partial charge is 0.399 e. The number of aryl methyl sites for hydroxylation is 1. The molecule has 0 radical (unpaired) electrons. The van der Waals surface area contributed by atoms with E-state index in [2.05, 4.69) is 38.1 Å². The van der Waals surface area contributed by atoms with E-state index >= 15 is 0 Å². The van der Waals surface area contributed by atoms with Crippen LogP contribution in [0.4, 0.5) is 5.69 Å². The average molecular weight is 282 g/mol. The Labute approximate surface area is 126 Å². The molecule has 2 rings (SSSR count). The van der Waals surface area contributed by atoms with Gasteiger partial charge in [0.15, 0.2) is 0 Å². The van der Waals surface area contributed by atoms with Crippen LogP contribution in [-0.4, -0.2) is 23.9 Å². The first kappa shape index (κ1) is 15.1. The third-order valence-electron chi connectivity index (χ3n) is 3.77. The molecule has 3 heteroatoms. The molecule has 3 nitrogen and oxygen atoms in total. The summed E-state index contributed by atoms with van der Waals surface area (Å²) in [5.41, 5.74) is 9.47. The topological polar surface area (TPSA) is 46.3 Å². The summed E-state index contributed by atoms with van der Waals surface area (Å²) in [6.45, 7) is 4.13. The maximum Gasteiger partial charge on any atom is 0.253 e. The number of likely N-dealkylation sites (N-methyl/N-ethyl adjacent to an activating group) is 1. The van der Waals surface area contributed by atoms with Crippen LogP contribution >= 0.6 is 0 Å². The molecule has 0 aromatic heterocycles. The Morgan fingerprint density at radius 2 is 1.86 bits per heavy atom. The molecule has 1 unspecified atom stereocenters. The van der Waals surface area contributed by atoms with Crippen molar-refractivity contribution >= 4 is 11.6 Å². The van der Waals surface area contributed by atoms with E-state index in [1.807, 2.05) is 7.05 Å². The van der Waals surface area contributed by atoms with Crippen LogP contribution in [0.2, 0.25) is 0 Å². The molecular formula is C18H22N2O. The van der Waals surface area contributed by atoms with Gasteiger partial charge in [-0.15, -0.1) is 0 Å². The number of benzene rings is 2. The third-order valence-corrected chi connectivity index (χ3v) is 3.77. The molecule has 0 spiro atoms. The SMILES string of the molecule is Cc1ccc(CC(C)N(C)C(=O)c2cccc(N)c2)cc1. The van der Waals surface area contributed by atoms with Gasteiger partial charge in [-0.05, 0) is 44.0 Å². The molecule has 0 heterocycles. The van der Waals surface area contributed by atoms with Crippen LogP contribution in [0.5, 0.6) is 0 Å². The Kier molecular flexibility index (Phi) is 4.63. The summed E-state index contributed by atoms with van der Waals surface area (Å²) >= 11 is 0. The van der Waals surface area contributed by atoms with Gasteiger partial charge in [-0.3, -0.25) is 4.79 Å². The third kappa shape index (κ3) is 3.85. The lowest BCUT2D eigenvalue weighted by Crippen LogP contribution is -2.36. The van der Waals surface area contributed by atoms with Crippen molar-refractivity contribution in [2.75, 3.05) is 12.8 Å². The maximum atomic E-state index is 12.5. The molecule has 1 atom stereocenters. The second kappa shape index (κ2) is 6.44. The quantitative estimate of drug-likeness (QED) is 0.875. The van der Waals surface area contributed by atoms with Crippen LogP contribution < -0.4 is 5.73 Å². The normalized spacial score (nSPS) is 12.0. The van der Waals surface area contributed by atoms with Gasteiger partial charge in [0.05, 0.1) is 0 Å². The zero-order chi connectivity index (χ0) is 15.4. The van der Waals surface area contributed by atoms with E-state index in [-0.39, 0.29) is 11.9 Å². The Morgan fingerprint density at radius 3 is 2.48 bits per heavy atom. The van der Waals surface area contributed by atoms with Gasteiger partial charge < -0.3 is 10.6 Å². The molecule has 21 heavy (non-hydrogen) atoms. The minimum Gasteiger partial charge on any atom is -0.399 e. The highest BCUT2D eigenvalue weighted by atomic mass is 16.2. The van der Waals surface area contributed by atoms with Crippen molar-refractivity contribution in [2.24, 2.45) is 0 Å². The van der Waals surface area contributed by atoms with E-state index in [9.17, 15) is 4.79 Å². The van der Waals surface area contributed by atoms with E-state index in [1.54, 1.807) is 29.2 Å². The fraction of sp³-hybridized carbons (Fsp3) is 0.278. The van der Waals surface area contributed by atoms with E-state index in [1.165, 1.54) is 11.1 Å². The highest BCUT2D eigenvalue weighted by molar-refractivity contribution is 5.95. The van der Waals surface area contributed by atoms with E-state index < -0.39 is 0 Å². The zero-order valence-electron chi connectivity index (χ0n) is 12.8. The molecule has 2 aromatic carbocycles. The molecule has 2 aromatic rings. The van der Waals surface area contributed by atoms with Crippen LogP contribution in [0, 0.1) is 6.92 Å². The molecule has 110 valence electrons. The standard InChI is InChI=1S/C18H22N2O/c1-13-7-9-15(10-8-13)11-14(2)20(3)18(21)16-5-4-6-17(19)12-16/h4-10,12,14H,11,19H2,1-3H3. The summed E-state index contributed by atoms with van der Waals surface area (Å²) in [5, 5.41) is 0. The van der Waals surface area contributed by atoms with Gasteiger partial charge in [-0.25, -0.2) is 0 Å². The Morgan fingerprint density at radius 1 is 1.19 bits per heavy atom. The number of nitrogen functional groups attached to an aromatic ring is 1. The van der Waals surface area contributed by atoms with Crippen LogP contribution in [-0.2, 0) is 6.42 Å². The van der Waals surface area contributed by atoms with Crippen molar-refractivity contribution in [1.29, 1.82) is 0 Å². The maximum absolute atomic E-state index is 12.5. The summed E-state index contributed by atoms with van der Waals surface area (Å²) in [7, 11) is 1.84. The number of amides is 1. The first-order chi connectivity index (χ1) is 9.97. The number of hydrogen-bond donors (Lipinski definition) is 1. The number of carbonyl (C=O) groups is 1.